The van der Waals surface area contributed by atoms with E-state index < -0.39 is 0 Å². The normalized spacial score (nSPS) is 11.4. The Morgan fingerprint density at radius 3 is 1.66 bits per heavy atom. The molecule has 0 aliphatic carbocycles. The van der Waals surface area contributed by atoms with Gasteiger partial charge in [-0.2, -0.15) is 0 Å². The Morgan fingerprint density at radius 1 is 0.340 bits per heavy atom. The molecule has 0 amide bonds. The van der Waals surface area contributed by atoms with Gasteiger partial charge in [-0.15, -0.1) is 11.3 Å². The molecule has 0 radical (unpaired) electrons. The lowest BCUT2D eigenvalue weighted by Crippen LogP contribution is -2.01. The fourth-order valence-corrected chi connectivity index (χ4v) is 7.57. The average molecular weight is 618 g/mol. The number of rotatable bonds is 5. The highest BCUT2D eigenvalue weighted by Crippen LogP contribution is 2.39. The number of thiophene rings is 1. The first kappa shape index (κ1) is 27.3. The number of fused-ring (bicyclic) bond motifs is 4. The maximum absolute atomic E-state index is 5.18. The van der Waals surface area contributed by atoms with E-state index in [1.54, 1.807) is 0 Å². The van der Waals surface area contributed by atoms with Crippen molar-refractivity contribution in [2.75, 3.05) is 0 Å². The number of benzene rings is 7. The predicted molar refractivity (Wildman–Crippen MR) is 197 cm³/mol. The Kier molecular flexibility index (Phi) is 6.65. The van der Waals surface area contributed by atoms with Crippen LogP contribution in [-0.4, -0.2) is 15.0 Å². The van der Waals surface area contributed by atoms with Gasteiger partial charge < -0.3 is 0 Å². The van der Waals surface area contributed by atoms with Crippen molar-refractivity contribution >= 4 is 42.3 Å². The summed E-state index contributed by atoms with van der Waals surface area (Å²) >= 11 is 1.84. The first-order valence-electron chi connectivity index (χ1n) is 15.7. The number of hydrogen-bond acceptors (Lipinski definition) is 4. The zero-order chi connectivity index (χ0) is 31.2. The largest absolute Gasteiger partial charge is 0.208 e. The zero-order valence-electron chi connectivity index (χ0n) is 25.3. The lowest BCUT2D eigenvalue weighted by Gasteiger charge is -2.15. The number of nitrogens with zero attached hydrogens (tertiary/aromatic N) is 3. The van der Waals surface area contributed by atoms with Crippen molar-refractivity contribution in [3.05, 3.63) is 164 Å². The summed E-state index contributed by atoms with van der Waals surface area (Å²) in [6.07, 6.45) is 0. The summed E-state index contributed by atoms with van der Waals surface area (Å²) in [4.78, 5) is 15.3. The molecule has 3 nitrogen and oxygen atoms in total. The zero-order valence-corrected chi connectivity index (χ0v) is 26.2. The first-order valence-corrected chi connectivity index (χ1v) is 16.5. The first-order chi connectivity index (χ1) is 23.3. The Hall–Kier alpha value is -5.97. The minimum absolute atomic E-state index is 0.646. The van der Waals surface area contributed by atoms with Crippen LogP contribution < -0.4 is 0 Å². The molecular weight excluding hydrogens is 591 g/mol. The van der Waals surface area contributed by atoms with Crippen LogP contribution in [0.5, 0.6) is 0 Å². The standard InChI is InChI=1S/C43H27N3S/c1-3-11-29(12-4-1)35-25-23-30-13-7-8-16-34(30)40(35)43-45-41(31-14-5-2-6-15-31)44-42(46-43)32-21-19-28(20-22-32)33-24-26-37-36-17-9-10-18-38(36)47-39(37)27-33/h1-27H. The SMILES string of the molecule is c1ccc(-c2nc(-c3ccc(-c4ccc5c(c4)sc4ccccc45)cc3)nc(-c3c(-c4ccccc4)ccc4ccccc34)n2)cc1. The monoisotopic (exact) mass is 617 g/mol. The maximum Gasteiger partial charge on any atom is 0.165 e. The highest BCUT2D eigenvalue weighted by molar-refractivity contribution is 7.25. The van der Waals surface area contributed by atoms with E-state index in [1.165, 1.54) is 25.7 Å². The van der Waals surface area contributed by atoms with Crippen molar-refractivity contribution in [2.24, 2.45) is 0 Å². The topological polar surface area (TPSA) is 38.7 Å². The van der Waals surface area contributed by atoms with Crippen LogP contribution in [0, 0.1) is 0 Å². The van der Waals surface area contributed by atoms with E-state index in [9.17, 15) is 0 Å². The molecule has 0 aliphatic rings. The van der Waals surface area contributed by atoms with E-state index >= 15 is 0 Å². The summed E-state index contributed by atoms with van der Waals surface area (Å²) in [5.41, 5.74) is 7.46. The second-order valence-electron chi connectivity index (χ2n) is 11.6. The fourth-order valence-electron chi connectivity index (χ4n) is 6.42. The van der Waals surface area contributed by atoms with Gasteiger partial charge in [0.05, 0.1) is 0 Å². The van der Waals surface area contributed by atoms with Gasteiger partial charge in [0.2, 0.25) is 0 Å². The van der Waals surface area contributed by atoms with Crippen molar-refractivity contribution in [1.29, 1.82) is 0 Å². The van der Waals surface area contributed by atoms with E-state index in [4.69, 9.17) is 15.0 Å². The Bertz CT molecular complexity index is 2550. The number of hydrogen-bond donors (Lipinski definition) is 0. The van der Waals surface area contributed by atoms with Gasteiger partial charge in [-0.25, -0.2) is 15.0 Å². The molecule has 9 rings (SSSR count). The molecule has 0 unspecified atom stereocenters. The smallest absolute Gasteiger partial charge is 0.165 e. The van der Waals surface area contributed by atoms with Gasteiger partial charge >= 0.3 is 0 Å². The van der Waals surface area contributed by atoms with Gasteiger partial charge in [-0.3, -0.25) is 0 Å². The van der Waals surface area contributed by atoms with Gasteiger partial charge in [-0.1, -0.05) is 152 Å². The summed E-state index contributed by atoms with van der Waals surface area (Å²) in [6, 6.07) is 57.4. The summed E-state index contributed by atoms with van der Waals surface area (Å²) in [7, 11) is 0. The average Bonchev–Trinajstić information content (AvgIpc) is 3.53. The summed E-state index contributed by atoms with van der Waals surface area (Å²) in [5.74, 6) is 1.95. The third-order valence-corrected chi connectivity index (χ3v) is 9.89. The van der Waals surface area contributed by atoms with E-state index in [0.717, 1.165) is 44.2 Å². The van der Waals surface area contributed by atoms with Gasteiger partial charge in [-0.05, 0) is 45.2 Å². The summed E-state index contributed by atoms with van der Waals surface area (Å²) < 4.78 is 2.61. The van der Waals surface area contributed by atoms with Gasteiger partial charge in [0.15, 0.2) is 17.5 Å². The quantitative estimate of drug-likeness (QED) is 0.193. The Labute approximate surface area is 276 Å². The Morgan fingerprint density at radius 2 is 0.894 bits per heavy atom. The van der Waals surface area contributed by atoms with Crippen LogP contribution in [0.4, 0.5) is 0 Å². The van der Waals surface area contributed by atoms with Gasteiger partial charge in [0, 0.05) is 36.9 Å². The summed E-state index contributed by atoms with van der Waals surface area (Å²) in [6.45, 7) is 0. The molecule has 0 bridgehead atoms. The lowest BCUT2D eigenvalue weighted by atomic mass is 9.93. The molecule has 0 fully saturated rings. The highest BCUT2D eigenvalue weighted by Gasteiger charge is 2.18. The molecule has 9 aromatic rings. The molecule has 47 heavy (non-hydrogen) atoms. The van der Waals surface area contributed by atoms with Crippen LogP contribution in [0.3, 0.4) is 0 Å². The summed E-state index contributed by atoms with van der Waals surface area (Å²) in [5, 5.41) is 4.87. The van der Waals surface area contributed by atoms with E-state index in [-0.39, 0.29) is 0 Å². The molecule has 0 N–H and O–H groups in total. The van der Waals surface area contributed by atoms with Crippen molar-refractivity contribution in [3.8, 4) is 56.4 Å². The molecule has 0 saturated carbocycles. The van der Waals surface area contributed by atoms with Gasteiger partial charge in [0.25, 0.3) is 0 Å². The van der Waals surface area contributed by atoms with Crippen molar-refractivity contribution in [1.82, 2.24) is 15.0 Å². The molecule has 220 valence electrons. The molecule has 0 saturated heterocycles. The molecule has 0 spiro atoms. The minimum atomic E-state index is 0.646. The third kappa shape index (κ3) is 4.96. The van der Waals surface area contributed by atoms with E-state index in [2.05, 4.69) is 140 Å². The van der Waals surface area contributed by atoms with Crippen LogP contribution in [0.1, 0.15) is 0 Å². The van der Waals surface area contributed by atoms with Crippen LogP contribution >= 0.6 is 11.3 Å². The Balaban J connectivity index is 1.19. The van der Waals surface area contributed by atoms with Crippen molar-refractivity contribution in [2.45, 2.75) is 0 Å². The molecule has 2 heterocycles. The molecule has 0 aliphatic heterocycles. The van der Waals surface area contributed by atoms with E-state index in [1.807, 2.05) is 35.6 Å². The molecule has 2 aromatic heterocycles. The van der Waals surface area contributed by atoms with Crippen molar-refractivity contribution in [3.63, 3.8) is 0 Å². The second-order valence-corrected chi connectivity index (χ2v) is 12.7. The van der Waals surface area contributed by atoms with Crippen molar-refractivity contribution < 1.29 is 0 Å². The second kappa shape index (κ2) is 11.4. The van der Waals surface area contributed by atoms with E-state index in [0.29, 0.717) is 17.5 Å². The van der Waals surface area contributed by atoms with Crippen LogP contribution in [-0.2, 0) is 0 Å². The minimum Gasteiger partial charge on any atom is -0.208 e. The van der Waals surface area contributed by atoms with Crippen LogP contribution in [0.25, 0.3) is 87.4 Å². The van der Waals surface area contributed by atoms with Crippen LogP contribution in [0.15, 0.2) is 164 Å². The maximum atomic E-state index is 5.18. The fraction of sp³-hybridized carbons (Fsp3) is 0. The highest BCUT2D eigenvalue weighted by atomic mass is 32.1. The molecule has 4 heteroatoms. The number of aromatic nitrogens is 3. The predicted octanol–water partition coefficient (Wildman–Crippen LogP) is 11.7. The van der Waals surface area contributed by atoms with Gasteiger partial charge in [0.1, 0.15) is 0 Å². The molecule has 7 aromatic carbocycles. The molecule has 0 atom stereocenters. The lowest BCUT2D eigenvalue weighted by molar-refractivity contribution is 1.08. The third-order valence-electron chi connectivity index (χ3n) is 8.76. The van der Waals surface area contributed by atoms with Crippen LogP contribution in [0.2, 0.25) is 0 Å². The molecular formula is C43H27N3S.